The van der Waals surface area contributed by atoms with Crippen LogP contribution in [-0.4, -0.2) is 59.1 Å². The molecule has 142 valence electrons. The van der Waals surface area contributed by atoms with Gasteiger partial charge in [-0.15, -0.1) is 12.4 Å². The molecule has 0 aliphatic carbocycles. The van der Waals surface area contributed by atoms with Crippen molar-refractivity contribution in [2.45, 2.75) is 31.3 Å². The van der Waals surface area contributed by atoms with Gasteiger partial charge in [-0.25, -0.2) is 0 Å². The monoisotopic (exact) mass is 381 g/mol. The second-order valence-corrected chi connectivity index (χ2v) is 6.68. The van der Waals surface area contributed by atoms with Crippen LogP contribution in [0, 0.1) is 0 Å². The molecule has 2 saturated heterocycles. The Morgan fingerprint density at radius 3 is 2.96 bits per heavy atom. The number of nitrogens with zero attached hydrogens (tertiary/aromatic N) is 4. The molecule has 1 N–H and O–H groups in total. The van der Waals surface area contributed by atoms with Crippen LogP contribution < -0.4 is 5.32 Å². The van der Waals surface area contributed by atoms with E-state index in [9.17, 15) is 4.79 Å². The number of carbonyl (C=O) groups excluding carboxylic acids is 1. The van der Waals surface area contributed by atoms with Crippen molar-refractivity contribution in [3.05, 3.63) is 35.9 Å². The standard InChI is InChI=1S/C17H23N5O3.ClH/c1-21-9-7-18-11-13(21)15-19-16(25-20-15)12-5-2-3-8-22(12)17(23)14-6-4-10-24-14;/h4,6,10,12-13,18H,2-3,5,7-9,11H2,1H3;1H. The first kappa shape index (κ1) is 18.9. The van der Waals surface area contributed by atoms with Gasteiger partial charge in [-0.2, -0.15) is 4.98 Å². The van der Waals surface area contributed by atoms with Gasteiger partial charge in [0.1, 0.15) is 6.04 Å². The van der Waals surface area contributed by atoms with Crippen LogP contribution in [0.1, 0.15) is 53.6 Å². The van der Waals surface area contributed by atoms with Crippen molar-refractivity contribution in [3.63, 3.8) is 0 Å². The van der Waals surface area contributed by atoms with Crippen molar-refractivity contribution in [2.75, 3.05) is 33.2 Å². The highest BCUT2D eigenvalue weighted by Gasteiger charge is 2.35. The number of hydrogen-bond acceptors (Lipinski definition) is 7. The molecule has 9 heteroatoms. The van der Waals surface area contributed by atoms with E-state index in [1.165, 1.54) is 6.26 Å². The van der Waals surface area contributed by atoms with Gasteiger partial charge in [-0.3, -0.25) is 9.69 Å². The van der Waals surface area contributed by atoms with Crippen LogP contribution in [0.5, 0.6) is 0 Å². The molecule has 4 rings (SSSR count). The third-order valence-corrected chi connectivity index (χ3v) is 5.05. The molecule has 2 aliphatic rings. The molecule has 26 heavy (non-hydrogen) atoms. The largest absolute Gasteiger partial charge is 0.459 e. The Hall–Kier alpha value is -1.90. The molecule has 8 nitrogen and oxygen atoms in total. The van der Waals surface area contributed by atoms with Gasteiger partial charge in [0, 0.05) is 26.2 Å². The molecular weight excluding hydrogens is 358 g/mol. The van der Waals surface area contributed by atoms with E-state index in [2.05, 4.69) is 27.4 Å². The molecule has 0 spiro atoms. The topological polar surface area (TPSA) is 87.6 Å². The summed E-state index contributed by atoms with van der Waals surface area (Å²) in [7, 11) is 2.06. The Bertz CT molecular complexity index is 720. The third-order valence-electron chi connectivity index (χ3n) is 5.05. The molecule has 4 heterocycles. The molecule has 1 amide bonds. The Morgan fingerprint density at radius 1 is 1.31 bits per heavy atom. The summed E-state index contributed by atoms with van der Waals surface area (Å²) in [6, 6.07) is 3.33. The number of likely N-dealkylation sites (N-methyl/N-ethyl adjacent to an activating group) is 1. The summed E-state index contributed by atoms with van der Waals surface area (Å²) in [6.07, 6.45) is 4.35. The molecule has 2 aromatic heterocycles. The number of piperazine rings is 1. The maximum absolute atomic E-state index is 12.7. The normalized spacial score (nSPS) is 24.3. The van der Waals surface area contributed by atoms with Gasteiger partial charge in [-0.1, -0.05) is 5.16 Å². The summed E-state index contributed by atoms with van der Waals surface area (Å²) in [6.45, 7) is 3.38. The lowest BCUT2D eigenvalue weighted by Crippen LogP contribution is -2.44. The number of rotatable bonds is 3. The van der Waals surface area contributed by atoms with Crippen molar-refractivity contribution in [2.24, 2.45) is 0 Å². The summed E-state index contributed by atoms with van der Waals surface area (Å²) in [5, 5.41) is 7.55. The highest BCUT2D eigenvalue weighted by molar-refractivity contribution is 5.91. The zero-order valence-corrected chi connectivity index (χ0v) is 15.6. The summed E-state index contributed by atoms with van der Waals surface area (Å²) >= 11 is 0. The predicted octanol–water partition coefficient (Wildman–Crippen LogP) is 2.03. The summed E-state index contributed by atoms with van der Waals surface area (Å²) in [5.41, 5.74) is 0. The van der Waals surface area contributed by atoms with E-state index in [-0.39, 0.29) is 30.4 Å². The van der Waals surface area contributed by atoms with Crippen LogP contribution >= 0.6 is 12.4 Å². The van der Waals surface area contributed by atoms with Crippen LogP contribution in [0.2, 0.25) is 0 Å². The SMILES string of the molecule is CN1CCNCC1c1noc(C2CCCCN2C(=O)c2ccco2)n1.Cl. The van der Waals surface area contributed by atoms with Gasteiger partial charge < -0.3 is 19.2 Å². The van der Waals surface area contributed by atoms with Gasteiger partial charge in [-0.05, 0) is 38.4 Å². The second kappa shape index (κ2) is 8.20. The fraction of sp³-hybridized carbons (Fsp3) is 0.588. The molecule has 0 bridgehead atoms. The Kier molecular flexibility index (Phi) is 5.95. The fourth-order valence-electron chi connectivity index (χ4n) is 3.59. The Balaban J connectivity index is 0.00000196. The molecule has 2 unspecified atom stereocenters. The quantitative estimate of drug-likeness (QED) is 0.870. The number of halogens is 1. The number of aromatic nitrogens is 2. The number of amides is 1. The van der Waals surface area contributed by atoms with Crippen molar-refractivity contribution >= 4 is 18.3 Å². The van der Waals surface area contributed by atoms with E-state index in [0.717, 1.165) is 38.9 Å². The smallest absolute Gasteiger partial charge is 0.290 e. The Labute approximate surface area is 158 Å². The molecule has 2 fully saturated rings. The molecule has 2 aromatic rings. The number of likely N-dealkylation sites (tertiary alicyclic amines) is 1. The van der Waals surface area contributed by atoms with Crippen LogP contribution in [0.3, 0.4) is 0 Å². The zero-order valence-electron chi connectivity index (χ0n) is 14.8. The first-order valence-corrected chi connectivity index (χ1v) is 8.83. The number of piperidine rings is 1. The molecule has 0 radical (unpaired) electrons. The first-order chi connectivity index (χ1) is 12.2. The van der Waals surface area contributed by atoms with E-state index < -0.39 is 0 Å². The van der Waals surface area contributed by atoms with Crippen LogP contribution in [0.25, 0.3) is 0 Å². The van der Waals surface area contributed by atoms with E-state index in [1.54, 1.807) is 17.0 Å². The van der Waals surface area contributed by atoms with Gasteiger partial charge >= 0.3 is 0 Å². The fourth-order valence-corrected chi connectivity index (χ4v) is 3.59. The van der Waals surface area contributed by atoms with Gasteiger partial charge in [0.25, 0.3) is 5.91 Å². The molecule has 2 aliphatic heterocycles. The predicted molar refractivity (Wildman–Crippen MR) is 96.1 cm³/mol. The molecule has 2 atom stereocenters. The lowest BCUT2D eigenvalue weighted by Gasteiger charge is -2.33. The first-order valence-electron chi connectivity index (χ1n) is 8.83. The lowest BCUT2D eigenvalue weighted by molar-refractivity contribution is 0.0529. The number of carbonyl (C=O) groups is 1. The second-order valence-electron chi connectivity index (χ2n) is 6.68. The molecule has 0 saturated carbocycles. The summed E-state index contributed by atoms with van der Waals surface area (Å²) in [4.78, 5) is 21.4. The molecular formula is C17H24ClN5O3. The summed E-state index contributed by atoms with van der Waals surface area (Å²) < 4.78 is 10.8. The number of furan rings is 1. The van der Waals surface area contributed by atoms with Crippen LogP contribution in [0.4, 0.5) is 0 Å². The summed E-state index contributed by atoms with van der Waals surface area (Å²) in [5.74, 6) is 1.43. The minimum atomic E-state index is -0.186. The van der Waals surface area contributed by atoms with Crippen molar-refractivity contribution < 1.29 is 13.7 Å². The molecule has 0 aromatic carbocycles. The van der Waals surface area contributed by atoms with Gasteiger partial charge in [0.15, 0.2) is 11.6 Å². The maximum atomic E-state index is 12.7. The average molecular weight is 382 g/mol. The van der Waals surface area contributed by atoms with Gasteiger partial charge in [0.2, 0.25) is 5.89 Å². The lowest BCUT2D eigenvalue weighted by atomic mass is 10.0. The maximum Gasteiger partial charge on any atom is 0.290 e. The van der Waals surface area contributed by atoms with Crippen molar-refractivity contribution in [3.8, 4) is 0 Å². The van der Waals surface area contributed by atoms with E-state index in [1.807, 2.05) is 0 Å². The third kappa shape index (κ3) is 3.62. The number of nitrogens with one attached hydrogen (secondary N) is 1. The van der Waals surface area contributed by atoms with E-state index in [4.69, 9.17) is 8.94 Å². The highest BCUT2D eigenvalue weighted by atomic mass is 35.5. The van der Waals surface area contributed by atoms with E-state index >= 15 is 0 Å². The van der Waals surface area contributed by atoms with Crippen molar-refractivity contribution in [1.82, 2.24) is 25.3 Å². The zero-order chi connectivity index (χ0) is 17.2. The number of hydrogen-bond donors (Lipinski definition) is 1. The van der Waals surface area contributed by atoms with Crippen LogP contribution in [-0.2, 0) is 0 Å². The average Bonchev–Trinajstić information content (AvgIpc) is 3.34. The minimum Gasteiger partial charge on any atom is -0.459 e. The van der Waals surface area contributed by atoms with E-state index in [0.29, 0.717) is 24.0 Å². The van der Waals surface area contributed by atoms with Crippen LogP contribution in [0.15, 0.2) is 27.3 Å². The van der Waals surface area contributed by atoms with Crippen molar-refractivity contribution in [1.29, 1.82) is 0 Å². The minimum absolute atomic E-state index is 0. The Morgan fingerprint density at radius 2 is 2.19 bits per heavy atom. The highest BCUT2D eigenvalue weighted by Crippen LogP contribution is 2.32. The van der Waals surface area contributed by atoms with Gasteiger partial charge in [0.05, 0.1) is 12.3 Å².